The molecular formula is C10H14ClN3O3S. The number of nitrogens with zero attached hydrogens (tertiary/aromatic N) is 1. The highest BCUT2D eigenvalue weighted by atomic mass is 35.5. The molecule has 6 nitrogen and oxygen atoms in total. The van der Waals surface area contributed by atoms with E-state index in [1.54, 1.807) is 0 Å². The van der Waals surface area contributed by atoms with Gasteiger partial charge in [-0.2, -0.15) is 0 Å². The quantitative estimate of drug-likeness (QED) is 0.799. The number of amides is 1. The highest BCUT2D eigenvalue weighted by Crippen LogP contribution is 2.13. The number of anilines is 1. The van der Waals surface area contributed by atoms with Crippen molar-refractivity contribution in [1.29, 1.82) is 0 Å². The maximum absolute atomic E-state index is 11.8. The van der Waals surface area contributed by atoms with Gasteiger partial charge in [-0.15, -0.1) is 12.4 Å². The Kier molecular flexibility index (Phi) is 4.53. The van der Waals surface area contributed by atoms with Crippen molar-refractivity contribution in [2.75, 3.05) is 17.2 Å². The van der Waals surface area contributed by atoms with Crippen LogP contribution in [0.3, 0.4) is 0 Å². The van der Waals surface area contributed by atoms with E-state index in [0.29, 0.717) is 12.1 Å². The number of nitrogens with two attached hydrogens (primary N) is 1. The Morgan fingerprint density at radius 1 is 1.50 bits per heavy atom. The normalized spacial score (nSPS) is 21.0. The molecule has 1 amide bonds. The monoisotopic (exact) mass is 291 g/mol. The molecule has 1 atom stereocenters. The Bertz CT molecular complexity index is 547. The zero-order chi connectivity index (χ0) is 12.5. The fourth-order valence-corrected chi connectivity index (χ4v) is 3.44. The summed E-state index contributed by atoms with van der Waals surface area (Å²) in [5.41, 5.74) is 6.24. The van der Waals surface area contributed by atoms with Gasteiger partial charge in [0, 0.05) is 24.1 Å². The van der Waals surface area contributed by atoms with Gasteiger partial charge in [0.1, 0.15) is 0 Å². The second-order valence-electron chi connectivity index (χ2n) is 4.04. The molecule has 2 heterocycles. The summed E-state index contributed by atoms with van der Waals surface area (Å²) in [6, 6.07) is 1.20. The second-order valence-corrected chi connectivity index (χ2v) is 6.27. The predicted octanol–water partition coefficient (Wildman–Crippen LogP) is 0.00250. The van der Waals surface area contributed by atoms with Gasteiger partial charge >= 0.3 is 0 Å². The first-order valence-electron chi connectivity index (χ1n) is 5.19. The minimum Gasteiger partial charge on any atom is -0.398 e. The first-order valence-corrected chi connectivity index (χ1v) is 7.01. The number of carbonyl (C=O) groups excluding carboxylic acids is 1. The van der Waals surface area contributed by atoms with Crippen LogP contribution >= 0.6 is 12.4 Å². The molecule has 0 radical (unpaired) electrons. The molecule has 0 bridgehead atoms. The predicted molar refractivity (Wildman–Crippen MR) is 70.4 cm³/mol. The molecule has 0 saturated carbocycles. The van der Waals surface area contributed by atoms with Gasteiger partial charge in [-0.25, -0.2) is 8.42 Å². The van der Waals surface area contributed by atoms with Crippen LogP contribution in [0.25, 0.3) is 0 Å². The SMILES string of the molecule is Cl.Nc1ccncc1C(=O)NC1CCS(=O)(=O)C1. The molecule has 3 N–H and O–H groups in total. The van der Waals surface area contributed by atoms with E-state index >= 15 is 0 Å². The lowest BCUT2D eigenvalue weighted by molar-refractivity contribution is 0.0941. The average molecular weight is 292 g/mol. The van der Waals surface area contributed by atoms with Crippen molar-refractivity contribution in [3.05, 3.63) is 24.0 Å². The molecule has 0 aliphatic carbocycles. The van der Waals surface area contributed by atoms with Gasteiger partial charge in [0.2, 0.25) is 0 Å². The Balaban J connectivity index is 0.00000162. The van der Waals surface area contributed by atoms with E-state index < -0.39 is 9.84 Å². The first-order chi connectivity index (χ1) is 7.98. The lowest BCUT2D eigenvalue weighted by Crippen LogP contribution is -2.36. The lowest BCUT2D eigenvalue weighted by Gasteiger charge is -2.11. The third kappa shape index (κ3) is 3.33. The zero-order valence-electron chi connectivity index (χ0n) is 9.50. The molecule has 1 aliphatic heterocycles. The van der Waals surface area contributed by atoms with E-state index in [1.165, 1.54) is 18.5 Å². The molecule has 2 rings (SSSR count). The maximum Gasteiger partial charge on any atom is 0.255 e. The van der Waals surface area contributed by atoms with Crippen LogP contribution in [-0.4, -0.2) is 36.9 Å². The number of rotatable bonds is 2. The van der Waals surface area contributed by atoms with E-state index in [2.05, 4.69) is 10.3 Å². The number of carbonyl (C=O) groups is 1. The highest BCUT2D eigenvalue weighted by Gasteiger charge is 2.29. The number of sulfone groups is 1. The smallest absolute Gasteiger partial charge is 0.255 e. The van der Waals surface area contributed by atoms with Gasteiger partial charge in [0.25, 0.3) is 5.91 Å². The van der Waals surface area contributed by atoms with Crippen LogP contribution in [0.2, 0.25) is 0 Å². The molecule has 1 aromatic rings. The number of nitrogens with one attached hydrogen (secondary N) is 1. The Morgan fingerprint density at radius 3 is 2.78 bits per heavy atom. The van der Waals surface area contributed by atoms with Crippen molar-refractivity contribution in [2.24, 2.45) is 0 Å². The summed E-state index contributed by atoms with van der Waals surface area (Å²) in [5.74, 6) is -0.253. The van der Waals surface area contributed by atoms with E-state index in [-0.39, 0.29) is 41.4 Å². The molecule has 1 aromatic heterocycles. The lowest BCUT2D eigenvalue weighted by atomic mass is 10.2. The highest BCUT2D eigenvalue weighted by molar-refractivity contribution is 7.91. The Labute approximate surface area is 111 Å². The molecule has 1 aliphatic rings. The van der Waals surface area contributed by atoms with Gasteiger partial charge in [-0.3, -0.25) is 9.78 Å². The van der Waals surface area contributed by atoms with Crippen LogP contribution in [-0.2, 0) is 9.84 Å². The molecule has 0 spiro atoms. The van der Waals surface area contributed by atoms with E-state index in [1.807, 2.05) is 0 Å². The van der Waals surface area contributed by atoms with Crippen molar-refractivity contribution in [3.8, 4) is 0 Å². The molecule has 1 saturated heterocycles. The van der Waals surface area contributed by atoms with Gasteiger partial charge < -0.3 is 11.1 Å². The average Bonchev–Trinajstić information content (AvgIpc) is 2.58. The summed E-state index contributed by atoms with van der Waals surface area (Å²) < 4.78 is 22.5. The summed E-state index contributed by atoms with van der Waals surface area (Å²) >= 11 is 0. The standard InChI is InChI=1S/C10H13N3O3S.ClH/c11-9-1-3-12-5-8(9)10(14)13-7-2-4-17(15,16)6-7;/h1,3,5,7H,2,4,6H2,(H2,11,12)(H,13,14);1H. The van der Waals surface area contributed by atoms with Crippen LogP contribution in [0.4, 0.5) is 5.69 Å². The van der Waals surface area contributed by atoms with Crippen molar-refractivity contribution >= 4 is 33.8 Å². The van der Waals surface area contributed by atoms with Gasteiger partial charge in [-0.1, -0.05) is 0 Å². The minimum atomic E-state index is -2.99. The van der Waals surface area contributed by atoms with Crippen molar-refractivity contribution < 1.29 is 13.2 Å². The molecule has 18 heavy (non-hydrogen) atoms. The van der Waals surface area contributed by atoms with Crippen LogP contribution in [0.5, 0.6) is 0 Å². The Morgan fingerprint density at radius 2 is 2.22 bits per heavy atom. The molecule has 1 fully saturated rings. The van der Waals surface area contributed by atoms with Crippen LogP contribution in [0, 0.1) is 0 Å². The Hall–Kier alpha value is -1.34. The molecule has 8 heteroatoms. The van der Waals surface area contributed by atoms with Gasteiger partial charge in [-0.05, 0) is 12.5 Å². The number of hydrogen-bond acceptors (Lipinski definition) is 5. The fraction of sp³-hybridized carbons (Fsp3) is 0.400. The topological polar surface area (TPSA) is 102 Å². The van der Waals surface area contributed by atoms with Gasteiger partial charge in [0.15, 0.2) is 9.84 Å². The molecular weight excluding hydrogens is 278 g/mol. The second kappa shape index (κ2) is 5.53. The molecule has 100 valence electrons. The third-order valence-electron chi connectivity index (χ3n) is 2.67. The first kappa shape index (κ1) is 14.7. The number of halogens is 1. The summed E-state index contributed by atoms with van der Waals surface area (Å²) in [5, 5.41) is 2.65. The van der Waals surface area contributed by atoms with E-state index in [4.69, 9.17) is 5.73 Å². The maximum atomic E-state index is 11.8. The number of aromatic nitrogens is 1. The summed E-state index contributed by atoms with van der Waals surface area (Å²) in [4.78, 5) is 15.6. The number of pyridine rings is 1. The number of hydrogen-bond donors (Lipinski definition) is 2. The van der Waals surface area contributed by atoms with Crippen LogP contribution < -0.4 is 11.1 Å². The summed E-state index contributed by atoms with van der Waals surface area (Å²) in [6.45, 7) is 0. The minimum absolute atomic E-state index is 0. The van der Waals surface area contributed by atoms with Crippen molar-refractivity contribution in [2.45, 2.75) is 12.5 Å². The van der Waals surface area contributed by atoms with Crippen molar-refractivity contribution in [1.82, 2.24) is 10.3 Å². The summed E-state index contributed by atoms with van der Waals surface area (Å²) in [6.07, 6.45) is 3.31. The molecule has 0 aromatic carbocycles. The van der Waals surface area contributed by atoms with Crippen LogP contribution in [0.15, 0.2) is 18.5 Å². The van der Waals surface area contributed by atoms with Crippen molar-refractivity contribution in [3.63, 3.8) is 0 Å². The van der Waals surface area contributed by atoms with Crippen LogP contribution in [0.1, 0.15) is 16.8 Å². The third-order valence-corrected chi connectivity index (χ3v) is 4.44. The van der Waals surface area contributed by atoms with E-state index in [0.717, 1.165) is 0 Å². The van der Waals surface area contributed by atoms with Gasteiger partial charge in [0.05, 0.1) is 17.1 Å². The summed E-state index contributed by atoms with van der Waals surface area (Å²) in [7, 11) is -2.99. The number of nitrogen functional groups attached to an aromatic ring is 1. The fourth-order valence-electron chi connectivity index (χ4n) is 1.77. The largest absolute Gasteiger partial charge is 0.398 e. The molecule has 1 unspecified atom stereocenters. The van der Waals surface area contributed by atoms with E-state index in [9.17, 15) is 13.2 Å². The zero-order valence-corrected chi connectivity index (χ0v) is 11.1.